The molecule has 5 nitrogen and oxygen atoms in total. The Morgan fingerprint density at radius 3 is 2.44 bits per heavy atom. The summed E-state index contributed by atoms with van der Waals surface area (Å²) in [5, 5.41) is 0. The molecule has 34 heavy (non-hydrogen) atoms. The van der Waals surface area contributed by atoms with E-state index in [4.69, 9.17) is 4.74 Å². The molecule has 0 atom stereocenters. The zero-order chi connectivity index (χ0) is 23.3. The summed E-state index contributed by atoms with van der Waals surface area (Å²) in [5.41, 5.74) is 5.27. The largest absolute Gasteiger partial charge is 0.378 e. The number of carbonyl (C=O) groups is 1. The van der Waals surface area contributed by atoms with Gasteiger partial charge in [0, 0.05) is 43.7 Å². The van der Waals surface area contributed by atoms with Crippen LogP contribution in [0.4, 0.5) is 5.69 Å². The lowest BCUT2D eigenvalue weighted by Gasteiger charge is -2.29. The highest BCUT2D eigenvalue weighted by molar-refractivity contribution is 8.00. The lowest BCUT2D eigenvalue weighted by Crippen LogP contribution is -2.36. The molecule has 1 aliphatic rings. The Balaban J connectivity index is 1.15. The number of benzene rings is 3. The van der Waals surface area contributed by atoms with Crippen molar-refractivity contribution in [2.75, 3.05) is 38.3 Å². The van der Waals surface area contributed by atoms with Crippen LogP contribution in [-0.4, -0.2) is 49.1 Å². The number of ether oxygens (including phenoxy) is 1. The van der Waals surface area contributed by atoms with E-state index in [0.717, 1.165) is 47.5 Å². The predicted octanol–water partition coefficient (Wildman–Crippen LogP) is 5.70. The highest BCUT2D eigenvalue weighted by atomic mass is 32.2. The summed E-state index contributed by atoms with van der Waals surface area (Å²) >= 11 is 3.46. The van der Waals surface area contributed by atoms with Crippen molar-refractivity contribution in [1.29, 1.82) is 0 Å². The zero-order valence-electron chi connectivity index (χ0n) is 19.1. The maximum atomic E-state index is 12.9. The van der Waals surface area contributed by atoms with E-state index in [1.807, 2.05) is 49.5 Å². The molecule has 5 rings (SSSR count). The van der Waals surface area contributed by atoms with Crippen LogP contribution in [0, 0.1) is 0 Å². The van der Waals surface area contributed by atoms with Gasteiger partial charge in [-0.05, 0) is 47.5 Å². The number of anilines is 1. The fourth-order valence-electron chi connectivity index (χ4n) is 4.00. The number of nitrogens with zero attached hydrogens (tertiary/aromatic N) is 3. The third-order valence-corrected chi connectivity index (χ3v) is 8.17. The Hall–Kier alpha value is -2.87. The van der Waals surface area contributed by atoms with Gasteiger partial charge in [0.2, 0.25) is 0 Å². The Labute approximate surface area is 208 Å². The van der Waals surface area contributed by atoms with Crippen molar-refractivity contribution in [3.63, 3.8) is 0 Å². The van der Waals surface area contributed by atoms with Crippen molar-refractivity contribution in [3.8, 4) is 0 Å². The molecule has 1 aliphatic heterocycles. The monoisotopic (exact) mass is 489 g/mol. The number of hydrogen-bond acceptors (Lipinski definition) is 6. The summed E-state index contributed by atoms with van der Waals surface area (Å²) in [5.74, 6) is 0.863. The maximum absolute atomic E-state index is 12.9. The molecular weight excluding hydrogens is 462 g/mol. The van der Waals surface area contributed by atoms with E-state index < -0.39 is 0 Å². The summed E-state index contributed by atoms with van der Waals surface area (Å²) < 4.78 is 7.71. The number of rotatable bonds is 7. The molecule has 0 bridgehead atoms. The first kappa shape index (κ1) is 22.9. The predicted molar refractivity (Wildman–Crippen MR) is 141 cm³/mol. The SMILES string of the molecule is CN(Cc1ccc(N2CCOCC2)cc1)C(=O)c1ccc(CSc2nc3ccccc3s2)cc1. The lowest BCUT2D eigenvalue weighted by atomic mass is 10.1. The van der Waals surface area contributed by atoms with E-state index in [1.165, 1.54) is 16.0 Å². The van der Waals surface area contributed by atoms with E-state index in [-0.39, 0.29) is 5.91 Å². The highest BCUT2D eigenvalue weighted by Gasteiger charge is 2.14. The minimum Gasteiger partial charge on any atom is -0.378 e. The average molecular weight is 490 g/mol. The van der Waals surface area contributed by atoms with Gasteiger partial charge in [-0.15, -0.1) is 11.3 Å². The van der Waals surface area contributed by atoms with Gasteiger partial charge >= 0.3 is 0 Å². The first-order valence-electron chi connectivity index (χ1n) is 11.4. The van der Waals surface area contributed by atoms with Gasteiger partial charge in [0.25, 0.3) is 5.91 Å². The molecule has 0 spiro atoms. The number of thioether (sulfide) groups is 1. The third-order valence-electron chi connectivity index (χ3n) is 5.92. The maximum Gasteiger partial charge on any atom is 0.253 e. The van der Waals surface area contributed by atoms with Crippen LogP contribution in [0.25, 0.3) is 10.2 Å². The summed E-state index contributed by atoms with van der Waals surface area (Å²) in [6.45, 7) is 3.98. The fraction of sp³-hybridized carbons (Fsp3) is 0.259. The number of amides is 1. The lowest BCUT2D eigenvalue weighted by molar-refractivity contribution is 0.0785. The number of morpholine rings is 1. The first-order valence-corrected chi connectivity index (χ1v) is 13.2. The average Bonchev–Trinajstić information content (AvgIpc) is 3.31. The number of hydrogen-bond donors (Lipinski definition) is 0. The van der Waals surface area contributed by atoms with Crippen molar-refractivity contribution in [2.24, 2.45) is 0 Å². The second-order valence-electron chi connectivity index (χ2n) is 8.36. The molecule has 174 valence electrons. The van der Waals surface area contributed by atoms with E-state index in [9.17, 15) is 4.79 Å². The standard InChI is InChI=1S/C27H27N3O2S2/c1-29(18-20-8-12-23(13-9-20)30-14-16-32-17-15-30)26(31)22-10-6-21(7-11-22)19-33-27-28-24-4-2-3-5-25(24)34-27/h2-13H,14-19H2,1H3. The van der Waals surface area contributed by atoms with Crippen LogP contribution in [0.5, 0.6) is 0 Å². The molecule has 1 amide bonds. The molecule has 1 saturated heterocycles. The van der Waals surface area contributed by atoms with Crippen molar-refractivity contribution in [2.45, 2.75) is 16.6 Å². The van der Waals surface area contributed by atoms with Gasteiger partial charge in [-0.2, -0.15) is 0 Å². The summed E-state index contributed by atoms with van der Waals surface area (Å²) in [7, 11) is 1.86. The molecule has 7 heteroatoms. The van der Waals surface area contributed by atoms with E-state index in [0.29, 0.717) is 12.1 Å². The Morgan fingerprint density at radius 2 is 1.71 bits per heavy atom. The van der Waals surface area contributed by atoms with Crippen LogP contribution in [-0.2, 0) is 17.0 Å². The number of aromatic nitrogens is 1. The number of fused-ring (bicyclic) bond motifs is 1. The van der Waals surface area contributed by atoms with E-state index >= 15 is 0 Å². The van der Waals surface area contributed by atoms with Crippen LogP contribution in [0.1, 0.15) is 21.5 Å². The molecule has 2 heterocycles. The van der Waals surface area contributed by atoms with Crippen LogP contribution in [0.15, 0.2) is 77.1 Å². The summed E-state index contributed by atoms with van der Waals surface area (Å²) in [6.07, 6.45) is 0. The molecule has 4 aromatic rings. The summed E-state index contributed by atoms with van der Waals surface area (Å²) in [6, 6.07) is 24.6. The first-order chi connectivity index (χ1) is 16.7. The van der Waals surface area contributed by atoms with Crippen LogP contribution < -0.4 is 4.90 Å². The number of para-hydroxylation sites is 1. The molecule has 0 unspecified atom stereocenters. The van der Waals surface area contributed by atoms with Gasteiger partial charge in [0.15, 0.2) is 4.34 Å². The molecule has 0 radical (unpaired) electrons. The van der Waals surface area contributed by atoms with Gasteiger partial charge in [0.05, 0.1) is 23.4 Å². The molecule has 0 saturated carbocycles. The normalized spacial score (nSPS) is 13.9. The van der Waals surface area contributed by atoms with Crippen molar-refractivity contribution < 1.29 is 9.53 Å². The molecule has 1 fully saturated rings. The minimum absolute atomic E-state index is 0.0302. The minimum atomic E-state index is 0.0302. The van der Waals surface area contributed by atoms with Crippen molar-refractivity contribution in [1.82, 2.24) is 9.88 Å². The number of carbonyl (C=O) groups excluding carboxylic acids is 1. The molecule has 0 aliphatic carbocycles. The Kier molecular flexibility index (Phi) is 7.13. The molecular formula is C27H27N3O2S2. The second-order valence-corrected chi connectivity index (χ2v) is 10.6. The topological polar surface area (TPSA) is 45.7 Å². The van der Waals surface area contributed by atoms with Crippen LogP contribution in [0.2, 0.25) is 0 Å². The van der Waals surface area contributed by atoms with Crippen molar-refractivity contribution in [3.05, 3.63) is 89.5 Å². The Bertz CT molecular complexity index is 1220. The van der Waals surface area contributed by atoms with Crippen LogP contribution in [0.3, 0.4) is 0 Å². The van der Waals surface area contributed by atoms with Crippen LogP contribution >= 0.6 is 23.1 Å². The van der Waals surface area contributed by atoms with Gasteiger partial charge in [-0.1, -0.05) is 48.2 Å². The van der Waals surface area contributed by atoms with Crippen molar-refractivity contribution >= 4 is 44.9 Å². The smallest absolute Gasteiger partial charge is 0.253 e. The fourth-order valence-corrected chi connectivity index (χ4v) is 6.03. The van der Waals surface area contributed by atoms with Gasteiger partial charge in [-0.3, -0.25) is 4.79 Å². The van der Waals surface area contributed by atoms with E-state index in [2.05, 4.69) is 40.2 Å². The Morgan fingerprint density at radius 1 is 1.00 bits per heavy atom. The molecule has 1 aromatic heterocycles. The van der Waals surface area contributed by atoms with Gasteiger partial charge in [-0.25, -0.2) is 4.98 Å². The quantitative estimate of drug-likeness (QED) is 0.312. The van der Waals surface area contributed by atoms with Gasteiger partial charge < -0.3 is 14.5 Å². The van der Waals surface area contributed by atoms with Gasteiger partial charge in [0.1, 0.15) is 0 Å². The third kappa shape index (κ3) is 5.43. The number of thiazole rings is 1. The molecule has 0 N–H and O–H groups in total. The second kappa shape index (κ2) is 10.6. The highest BCUT2D eigenvalue weighted by Crippen LogP contribution is 2.31. The summed E-state index contributed by atoms with van der Waals surface area (Å²) in [4.78, 5) is 21.7. The van der Waals surface area contributed by atoms with E-state index in [1.54, 1.807) is 28.0 Å². The zero-order valence-corrected chi connectivity index (χ0v) is 20.8. The molecule has 3 aromatic carbocycles.